The molecule has 0 unspecified atom stereocenters. The zero-order valence-corrected chi connectivity index (χ0v) is 10.6. The minimum Gasteiger partial charge on any atom is -0.480 e. The number of carbonyl (C=O) groups excluding carboxylic acids is 1. The van der Waals surface area contributed by atoms with E-state index in [9.17, 15) is 9.59 Å². The molecule has 0 bridgehead atoms. The molecule has 1 amide bonds. The van der Waals surface area contributed by atoms with E-state index in [2.05, 4.69) is 10.3 Å². The zero-order chi connectivity index (χ0) is 13.8. The first-order valence-electron chi connectivity index (χ1n) is 6.13. The van der Waals surface area contributed by atoms with Crippen molar-refractivity contribution < 1.29 is 14.7 Å². The summed E-state index contributed by atoms with van der Waals surface area (Å²) in [4.78, 5) is 25.1. The van der Waals surface area contributed by atoms with Gasteiger partial charge in [-0.05, 0) is 24.5 Å². The van der Waals surface area contributed by atoms with Crippen LogP contribution < -0.4 is 5.32 Å². The monoisotopic (exact) mass is 260 g/mol. The number of aromatic amines is 1. The molecular weight excluding hydrogens is 244 g/mol. The van der Waals surface area contributed by atoms with Gasteiger partial charge in [0.15, 0.2) is 0 Å². The van der Waals surface area contributed by atoms with Crippen LogP contribution in [-0.4, -0.2) is 28.0 Å². The lowest BCUT2D eigenvalue weighted by Gasteiger charge is -2.12. The number of aryl methyl sites for hydroxylation is 1. The molecule has 0 radical (unpaired) electrons. The van der Waals surface area contributed by atoms with Crippen molar-refractivity contribution in [1.29, 1.82) is 0 Å². The summed E-state index contributed by atoms with van der Waals surface area (Å²) in [5.41, 5.74) is 2.09. The Labute approximate surface area is 110 Å². The Balaban J connectivity index is 2.08. The highest BCUT2D eigenvalue weighted by molar-refractivity contribution is 5.84. The number of H-pyrrole nitrogens is 1. The third-order valence-corrected chi connectivity index (χ3v) is 3.05. The molecule has 5 nitrogen and oxygen atoms in total. The molecule has 3 N–H and O–H groups in total. The van der Waals surface area contributed by atoms with Crippen molar-refractivity contribution in [3.05, 3.63) is 36.0 Å². The van der Waals surface area contributed by atoms with Crippen molar-refractivity contribution in [3.8, 4) is 0 Å². The summed E-state index contributed by atoms with van der Waals surface area (Å²) in [6.45, 7) is 1.32. The maximum absolute atomic E-state index is 11.0. The number of carboxylic acids is 1. The zero-order valence-electron chi connectivity index (χ0n) is 10.6. The quantitative estimate of drug-likeness (QED) is 0.765. The summed E-state index contributed by atoms with van der Waals surface area (Å²) in [5.74, 6) is -1.33. The van der Waals surface area contributed by atoms with E-state index in [0.29, 0.717) is 12.8 Å². The molecule has 1 aromatic carbocycles. The number of rotatable bonds is 5. The summed E-state index contributed by atoms with van der Waals surface area (Å²) in [6, 6.07) is 7.02. The Morgan fingerprint density at radius 2 is 2.11 bits per heavy atom. The van der Waals surface area contributed by atoms with Gasteiger partial charge in [0.1, 0.15) is 6.04 Å². The molecule has 0 aliphatic carbocycles. The Hall–Kier alpha value is -2.30. The molecule has 2 aromatic rings. The minimum atomic E-state index is -1.00. The standard InChI is InChI=1S/C14H16N2O3/c1-9(17)16-13(14(18)19)7-6-10-8-15-12-5-3-2-4-11(10)12/h2-5,8,13,15H,6-7H2,1H3,(H,16,17)(H,18,19)/t13-/m1/s1. The third-order valence-electron chi connectivity index (χ3n) is 3.05. The van der Waals surface area contributed by atoms with Gasteiger partial charge < -0.3 is 15.4 Å². The molecule has 0 saturated heterocycles. The van der Waals surface area contributed by atoms with Crippen molar-refractivity contribution in [2.45, 2.75) is 25.8 Å². The van der Waals surface area contributed by atoms with Gasteiger partial charge in [0.05, 0.1) is 0 Å². The van der Waals surface area contributed by atoms with E-state index >= 15 is 0 Å². The fraction of sp³-hybridized carbons (Fsp3) is 0.286. The molecule has 5 heteroatoms. The van der Waals surface area contributed by atoms with Gasteiger partial charge in [0.2, 0.25) is 5.91 Å². The number of para-hydroxylation sites is 1. The molecular formula is C14H16N2O3. The third kappa shape index (κ3) is 3.13. The van der Waals surface area contributed by atoms with Crippen LogP contribution in [0.5, 0.6) is 0 Å². The van der Waals surface area contributed by atoms with Crippen LogP contribution in [0.3, 0.4) is 0 Å². The van der Waals surface area contributed by atoms with E-state index in [0.717, 1.165) is 16.5 Å². The number of hydrogen-bond acceptors (Lipinski definition) is 2. The fourth-order valence-corrected chi connectivity index (χ4v) is 2.14. The van der Waals surface area contributed by atoms with Crippen molar-refractivity contribution in [3.63, 3.8) is 0 Å². The molecule has 100 valence electrons. The SMILES string of the molecule is CC(=O)N[C@H](CCc1c[nH]c2ccccc12)C(=O)O. The van der Waals surface area contributed by atoms with Crippen LogP contribution in [0.1, 0.15) is 18.9 Å². The second kappa shape index (κ2) is 5.56. The van der Waals surface area contributed by atoms with Gasteiger partial charge in [-0.25, -0.2) is 4.79 Å². The number of carbonyl (C=O) groups is 2. The molecule has 0 aliphatic heterocycles. The van der Waals surface area contributed by atoms with Gasteiger partial charge in [0, 0.05) is 24.0 Å². The van der Waals surface area contributed by atoms with Crippen molar-refractivity contribution in [1.82, 2.24) is 10.3 Å². The topological polar surface area (TPSA) is 82.2 Å². The lowest BCUT2D eigenvalue weighted by molar-refractivity contribution is -0.141. The number of hydrogen-bond donors (Lipinski definition) is 3. The first-order chi connectivity index (χ1) is 9.08. The van der Waals surface area contributed by atoms with Gasteiger partial charge in [-0.3, -0.25) is 4.79 Å². The molecule has 1 aromatic heterocycles. The van der Waals surface area contributed by atoms with Crippen molar-refractivity contribution in [2.24, 2.45) is 0 Å². The number of fused-ring (bicyclic) bond motifs is 1. The first kappa shape index (κ1) is 13.1. The highest BCUT2D eigenvalue weighted by Gasteiger charge is 2.18. The van der Waals surface area contributed by atoms with E-state index in [1.165, 1.54) is 6.92 Å². The number of benzene rings is 1. The Morgan fingerprint density at radius 1 is 1.37 bits per heavy atom. The second-order valence-electron chi connectivity index (χ2n) is 4.49. The summed E-state index contributed by atoms with van der Waals surface area (Å²) in [7, 11) is 0. The maximum atomic E-state index is 11.0. The average molecular weight is 260 g/mol. The molecule has 1 atom stereocenters. The van der Waals surface area contributed by atoms with Gasteiger partial charge in [-0.2, -0.15) is 0 Å². The highest BCUT2D eigenvalue weighted by Crippen LogP contribution is 2.19. The van der Waals surface area contributed by atoms with Crippen LogP contribution in [0.2, 0.25) is 0 Å². The predicted molar refractivity (Wildman–Crippen MR) is 71.9 cm³/mol. The van der Waals surface area contributed by atoms with Crippen LogP contribution in [0.4, 0.5) is 0 Å². The van der Waals surface area contributed by atoms with Crippen molar-refractivity contribution in [2.75, 3.05) is 0 Å². The van der Waals surface area contributed by atoms with E-state index in [1.807, 2.05) is 30.5 Å². The Kier molecular flexibility index (Phi) is 3.85. The van der Waals surface area contributed by atoms with Gasteiger partial charge in [-0.1, -0.05) is 18.2 Å². The predicted octanol–water partition coefficient (Wildman–Crippen LogP) is 1.69. The second-order valence-corrected chi connectivity index (χ2v) is 4.49. The molecule has 1 heterocycles. The number of aromatic nitrogens is 1. The fourth-order valence-electron chi connectivity index (χ4n) is 2.14. The number of aliphatic carboxylic acids is 1. The van der Waals surface area contributed by atoms with Gasteiger partial charge >= 0.3 is 5.97 Å². The van der Waals surface area contributed by atoms with Gasteiger partial charge in [0.25, 0.3) is 0 Å². The number of nitrogens with one attached hydrogen (secondary N) is 2. The normalized spacial score (nSPS) is 12.3. The lowest BCUT2D eigenvalue weighted by Crippen LogP contribution is -2.39. The van der Waals surface area contributed by atoms with Crippen LogP contribution in [0.25, 0.3) is 10.9 Å². The molecule has 0 aliphatic rings. The summed E-state index contributed by atoms with van der Waals surface area (Å²) >= 11 is 0. The highest BCUT2D eigenvalue weighted by atomic mass is 16.4. The van der Waals surface area contributed by atoms with E-state index in [1.54, 1.807) is 0 Å². The maximum Gasteiger partial charge on any atom is 0.326 e. The molecule has 19 heavy (non-hydrogen) atoms. The number of carboxylic acid groups (broad SMARTS) is 1. The Morgan fingerprint density at radius 3 is 2.79 bits per heavy atom. The van der Waals surface area contributed by atoms with Crippen molar-refractivity contribution >= 4 is 22.8 Å². The summed E-state index contributed by atoms with van der Waals surface area (Å²) in [5, 5.41) is 12.6. The largest absolute Gasteiger partial charge is 0.480 e. The van der Waals surface area contributed by atoms with Crippen LogP contribution in [0.15, 0.2) is 30.5 Å². The van der Waals surface area contributed by atoms with E-state index in [4.69, 9.17) is 5.11 Å². The van der Waals surface area contributed by atoms with Crippen LogP contribution in [-0.2, 0) is 16.0 Å². The molecule has 2 rings (SSSR count). The first-order valence-corrected chi connectivity index (χ1v) is 6.13. The van der Waals surface area contributed by atoms with E-state index in [-0.39, 0.29) is 5.91 Å². The lowest BCUT2D eigenvalue weighted by atomic mass is 10.0. The van der Waals surface area contributed by atoms with E-state index < -0.39 is 12.0 Å². The molecule has 0 saturated carbocycles. The Bertz CT molecular complexity index is 604. The smallest absolute Gasteiger partial charge is 0.326 e. The van der Waals surface area contributed by atoms with Crippen LogP contribution >= 0.6 is 0 Å². The summed E-state index contributed by atoms with van der Waals surface area (Å²) < 4.78 is 0. The summed E-state index contributed by atoms with van der Waals surface area (Å²) in [6.07, 6.45) is 2.86. The average Bonchev–Trinajstić information content (AvgIpc) is 2.77. The van der Waals surface area contributed by atoms with Gasteiger partial charge in [-0.15, -0.1) is 0 Å². The van der Waals surface area contributed by atoms with Crippen LogP contribution in [0, 0.1) is 0 Å². The minimum absolute atomic E-state index is 0.327. The molecule has 0 spiro atoms. The molecule has 0 fully saturated rings. The number of amides is 1.